The Morgan fingerprint density at radius 3 is 2.34 bits per heavy atom. The predicted octanol–water partition coefficient (Wildman–Crippen LogP) is 3.51. The number of furan rings is 1. The van der Waals surface area contributed by atoms with E-state index in [0.29, 0.717) is 44.0 Å². The minimum atomic E-state index is -0.0808. The molecule has 1 aliphatic rings. The first-order valence-corrected chi connectivity index (χ1v) is 12.5. The smallest absolute Gasteiger partial charge is 0.242 e. The van der Waals surface area contributed by atoms with Gasteiger partial charge in [0.05, 0.1) is 27.3 Å². The molecule has 192 valence electrons. The zero-order chi connectivity index (χ0) is 25.2. The molecule has 2 heterocycles. The maximum atomic E-state index is 13.5. The Labute approximate surface area is 208 Å². The molecule has 35 heavy (non-hydrogen) atoms. The maximum Gasteiger partial charge on any atom is 0.242 e. The highest BCUT2D eigenvalue weighted by molar-refractivity contribution is 5.84. The summed E-state index contributed by atoms with van der Waals surface area (Å²) in [6, 6.07) is 9.57. The Kier molecular flexibility index (Phi) is 10.0. The van der Waals surface area contributed by atoms with Crippen molar-refractivity contribution in [3.05, 3.63) is 47.4 Å². The Morgan fingerprint density at radius 1 is 0.971 bits per heavy atom. The van der Waals surface area contributed by atoms with E-state index >= 15 is 0 Å². The second-order valence-corrected chi connectivity index (χ2v) is 8.98. The van der Waals surface area contributed by atoms with Crippen LogP contribution in [0.3, 0.4) is 0 Å². The number of methoxy groups -OCH3 is 2. The van der Waals surface area contributed by atoms with E-state index < -0.39 is 0 Å². The van der Waals surface area contributed by atoms with E-state index in [-0.39, 0.29) is 18.4 Å². The van der Waals surface area contributed by atoms with Gasteiger partial charge >= 0.3 is 0 Å². The predicted molar refractivity (Wildman–Crippen MR) is 135 cm³/mol. The van der Waals surface area contributed by atoms with Gasteiger partial charge in [0.2, 0.25) is 11.8 Å². The minimum Gasteiger partial charge on any atom is -0.493 e. The standard InChI is InChI=1S/C27H39N3O5/c1-5-26(31)30(17-16-28-13-6-7-14-28)20-27(32)29(19-23-10-8-21(2)35-23)15-12-22-9-11-24(33-3)25(18-22)34-4/h8-11,18H,5-7,12-17,19-20H2,1-4H3. The van der Waals surface area contributed by atoms with Gasteiger partial charge in [-0.15, -0.1) is 0 Å². The van der Waals surface area contributed by atoms with Crippen molar-refractivity contribution in [1.82, 2.24) is 14.7 Å². The summed E-state index contributed by atoms with van der Waals surface area (Å²) in [5, 5.41) is 0. The van der Waals surface area contributed by atoms with Crippen molar-refractivity contribution in [2.24, 2.45) is 0 Å². The molecule has 0 N–H and O–H groups in total. The van der Waals surface area contributed by atoms with Crippen molar-refractivity contribution in [3.63, 3.8) is 0 Å². The number of benzene rings is 1. The fourth-order valence-electron chi connectivity index (χ4n) is 4.40. The lowest BCUT2D eigenvalue weighted by Crippen LogP contribution is -2.45. The summed E-state index contributed by atoms with van der Waals surface area (Å²) in [6.45, 7) is 8.18. The second-order valence-electron chi connectivity index (χ2n) is 8.98. The van der Waals surface area contributed by atoms with Crippen LogP contribution in [-0.2, 0) is 22.6 Å². The highest BCUT2D eigenvalue weighted by Crippen LogP contribution is 2.27. The molecule has 0 aliphatic carbocycles. The van der Waals surface area contributed by atoms with Gasteiger partial charge in [-0.3, -0.25) is 9.59 Å². The number of amides is 2. The highest BCUT2D eigenvalue weighted by atomic mass is 16.5. The molecule has 2 aromatic rings. The normalized spacial score (nSPS) is 13.6. The summed E-state index contributed by atoms with van der Waals surface area (Å²) in [6.07, 6.45) is 3.43. The number of hydrogen-bond donors (Lipinski definition) is 0. The summed E-state index contributed by atoms with van der Waals surface area (Å²) in [4.78, 5) is 31.9. The molecule has 1 aliphatic heterocycles. The lowest BCUT2D eigenvalue weighted by Gasteiger charge is -2.28. The number of rotatable bonds is 13. The lowest BCUT2D eigenvalue weighted by atomic mass is 10.1. The Bertz CT molecular complexity index is 967. The zero-order valence-corrected chi connectivity index (χ0v) is 21.5. The maximum absolute atomic E-state index is 13.5. The van der Waals surface area contributed by atoms with Crippen molar-refractivity contribution >= 4 is 11.8 Å². The van der Waals surface area contributed by atoms with Gasteiger partial charge in [-0.2, -0.15) is 0 Å². The minimum absolute atomic E-state index is 0.00577. The van der Waals surface area contributed by atoms with Crippen LogP contribution in [-0.4, -0.2) is 80.0 Å². The van der Waals surface area contributed by atoms with Gasteiger partial charge < -0.3 is 28.6 Å². The average molecular weight is 486 g/mol. The van der Waals surface area contributed by atoms with E-state index in [1.165, 1.54) is 12.8 Å². The summed E-state index contributed by atoms with van der Waals surface area (Å²) in [5.74, 6) is 2.79. The fourth-order valence-corrected chi connectivity index (χ4v) is 4.40. The molecular formula is C27H39N3O5. The molecule has 0 radical (unpaired) electrons. The molecule has 1 aromatic carbocycles. The molecule has 1 fully saturated rings. The number of likely N-dealkylation sites (tertiary alicyclic amines) is 1. The van der Waals surface area contributed by atoms with Crippen molar-refractivity contribution in [3.8, 4) is 11.5 Å². The molecular weight excluding hydrogens is 446 g/mol. The van der Waals surface area contributed by atoms with Crippen LogP contribution in [0.25, 0.3) is 0 Å². The van der Waals surface area contributed by atoms with Crippen molar-refractivity contribution in [2.45, 2.75) is 46.1 Å². The van der Waals surface area contributed by atoms with E-state index in [9.17, 15) is 9.59 Å². The third kappa shape index (κ3) is 7.75. The van der Waals surface area contributed by atoms with Gasteiger partial charge in [0.1, 0.15) is 11.5 Å². The third-order valence-electron chi connectivity index (χ3n) is 6.48. The first-order valence-electron chi connectivity index (χ1n) is 12.5. The number of hydrogen-bond acceptors (Lipinski definition) is 6. The van der Waals surface area contributed by atoms with Crippen molar-refractivity contribution in [1.29, 1.82) is 0 Å². The Morgan fingerprint density at radius 2 is 1.71 bits per heavy atom. The molecule has 1 saturated heterocycles. The van der Waals surface area contributed by atoms with Gasteiger partial charge in [-0.25, -0.2) is 0 Å². The number of ether oxygens (including phenoxy) is 2. The van der Waals surface area contributed by atoms with Gasteiger partial charge in [-0.05, 0) is 69.1 Å². The van der Waals surface area contributed by atoms with Crippen LogP contribution >= 0.6 is 0 Å². The van der Waals surface area contributed by atoms with Gasteiger partial charge in [-0.1, -0.05) is 13.0 Å². The van der Waals surface area contributed by atoms with Gasteiger partial charge in [0, 0.05) is 26.1 Å². The monoisotopic (exact) mass is 485 g/mol. The van der Waals surface area contributed by atoms with Crippen LogP contribution < -0.4 is 9.47 Å². The average Bonchev–Trinajstić information content (AvgIpc) is 3.54. The second kappa shape index (κ2) is 13.2. The molecule has 3 rings (SSSR count). The molecule has 8 nitrogen and oxygen atoms in total. The molecule has 0 unspecified atom stereocenters. The van der Waals surface area contributed by atoms with Crippen LogP contribution in [0.15, 0.2) is 34.7 Å². The van der Waals surface area contributed by atoms with Crippen LogP contribution in [0, 0.1) is 6.92 Å². The van der Waals surface area contributed by atoms with E-state index in [1.54, 1.807) is 24.0 Å². The summed E-state index contributed by atoms with van der Waals surface area (Å²) < 4.78 is 16.5. The number of aryl methyl sites for hydroxylation is 1. The summed E-state index contributed by atoms with van der Waals surface area (Å²) >= 11 is 0. The van der Waals surface area contributed by atoms with E-state index in [4.69, 9.17) is 13.9 Å². The third-order valence-corrected chi connectivity index (χ3v) is 6.48. The fraction of sp³-hybridized carbons (Fsp3) is 0.556. The molecule has 1 aromatic heterocycles. The quantitative estimate of drug-likeness (QED) is 0.432. The summed E-state index contributed by atoms with van der Waals surface area (Å²) in [7, 11) is 3.22. The molecule has 2 amide bonds. The number of nitrogens with zero attached hydrogens (tertiary/aromatic N) is 3. The molecule has 0 saturated carbocycles. The molecule has 0 spiro atoms. The first-order chi connectivity index (χ1) is 16.9. The van der Waals surface area contributed by atoms with Crippen molar-refractivity contribution in [2.75, 3.05) is 53.5 Å². The van der Waals surface area contributed by atoms with E-state index in [0.717, 1.165) is 36.7 Å². The van der Waals surface area contributed by atoms with Crippen LogP contribution in [0.2, 0.25) is 0 Å². The van der Waals surface area contributed by atoms with Gasteiger partial charge in [0.15, 0.2) is 11.5 Å². The topological polar surface area (TPSA) is 75.5 Å². The van der Waals surface area contributed by atoms with Crippen LogP contribution in [0.1, 0.15) is 43.3 Å². The lowest BCUT2D eigenvalue weighted by molar-refractivity contribution is -0.141. The van der Waals surface area contributed by atoms with E-state index in [2.05, 4.69) is 4.90 Å². The van der Waals surface area contributed by atoms with Crippen LogP contribution in [0.5, 0.6) is 11.5 Å². The highest BCUT2D eigenvalue weighted by Gasteiger charge is 2.23. The molecule has 8 heteroatoms. The largest absolute Gasteiger partial charge is 0.493 e. The summed E-state index contributed by atoms with van der Waals surface area (Å²) in [5.41, 5.74) is 1.03. The zero-order valence-electron chi connectivity index (χ0n) is 21.5. The molecule has 0 bridgehead atoms. The van der Waals surface area contributed by atoms with Crippen LogP contribution in [0.4, 0.5) is 0 Å². The SMILES string of the molecule is CCC(=O)N(CCN1CCCC1)CC(=O)N(CCc1ccc(OC)c(OC)c1)Cc1ccc(C)o1. The number of carbonyl (C=O) groups is 2. The molecule has 0 atom stereocenters. The van der Waals surface area contributed by atoms with Crippen molar-refractivity contribution < 1.29 is 23.5 Å². The van der Waals surface area contributed by atoms with Gasteiger partial charge in [0.25, 0.3) is 0 Å². The Balaban J connectivity index is 1.70. The van der Waals surface area contributed by atoms with E-state index in [1.807, 2.05) is 44.2 Å². The first kappa shape index (κ1) is 26.6. The Hall–Kier alpha value is -3.00. The number of carbonyl (C=O) groups excluding carboxylic acids is 2.